The van der Waals surface area contributed by atoms with Gasteiger partial charge in [0.15, 0.2) is 18.9 Å². The summed E-state index contributed by atoms with van der Waals surface area (Å²) in [5.74, 6) is -3.20. The molecule has 3 aliphatic heterocycles. The quantitative estimate of drug-likeness (QED) is 0.0300. The number of nitrogens with two attached hydrogens (primary N) is 1. The number of Topliss-reactive ketones (excluding diaryl/α,β-unsaturated/α-hetero) is 3. The Morgan fingerprint density at radius 3 is 1.28 bits per heavy atom. The molecule has 3 rings (SSSR count). The van der Waals surface area contributed by atoms with E-state index in [2.05, 4.69) is 40.9 Å². The fourth-order valence-electron chi connectivity index (χ4n) is 12.8. The molecule has 17 atom stereocenters. The van der Waals surface area contributed by atoms with Gasteiger partial charge >= 0.3 is 7.82 Å². The average Bonchev–Trinajstić information content (AvgIpc) is 0.584. The first-order valence-electron chi connectivity index (χ1n) is 41.9. The lowest BCUT2D eigenvalue weighted by Gasteiger charge is -2.42. The zero-order valence-electron chi connectivity index (χ0n) is 70.0. The summed E-state index contributed by atoms with van der Waals surface area (Å²) in [5, 5.41) is 107. The van der Waals surface area contributed by atoms with E-state index in [-0.39, 0.29) is 164 Å². The lowest BCUT2D eigenvalue weighted by molar-refractivity contribution is -0.282. The van der Waals surface area contributed by atoms with E-state index in [0.29, 0.717) is 129 Å². The SMILES string of the molecule is CC.COCCC(=O)CCCC(=O)NCCCCC(C(=O)CCCCNC(=O)CCCCCO[C@@H]1OC(CO)[C@H](O)C(O)[C@@H]1C)N(CC(=O)CCCCNC(=O)CCCCCO[C@@H]1OC(CO)[C@H](O)C(O)[C@@H]1NC(C)=O)CC(=O)NCCCNC(=O)CCCCCO[C@@H]1OC(CO)[C@H](O)C(O)[C@@H]1C.COP(=O)(O)OCCCCCCN. The topological polar surface area (TPSA) is 558 Å². The number of phosphoric ester groups is 1. The number of ether oxygens (including phenoxy) is 7. The molecule has 6 amide bonds. The summed E-state index contributed by atoms with van der Waals surface area (Å²) >= 11 is 0. The van der Waals surface area contributed by atoms with Gasteiger partial charge in [-0.25, -0.2) is 4.57 Å². The fraction of sp³-hybridized carbons (Fsp3) is 0.885. The molecule has 678 valence electrons. The largest absolute Gasteiger partial charge is 0.471 e. The molecule has 0 aromatic heterocycles. The maximum Gasteiger partial charge on any atom is 0.471 e. The normalized spacial score (nSPS) is 23.9. The van der Waals surface area contributed by atoms with Crippen LogP contribution in [-0.4, -0.2) is 314 Å². The van der Waals surface area contributed by atoms with E-state index in [1.54, 1.807) is 18.7 Å². The molecule has 38 heteroatoms. The van der Waals surface area contributed by atoms with E-state index >= 15 is 0 Å². The van der Waals surface area contributed by atoms with Gasteiger partial charge in [0.1, 0.15) is 66.1 Å². The zero-order valence-corrected chi connectivity index (χ0v) is 70.9. The van der Waals surface area contributed by atoms with Gasteiger partial charge in [0.05, 0.1) is 64.4 Å². The molecule has 3 heterocycles. The molecule has 3 fully saturated rings. The molecule has 116 heavy (non-hydrogen) atoms. The number of rotatable bonds is 65. The van der Waals surface area contributed by atoms with Crippen molar-refractivity contribution in [3.63, 3.8) is 0 Å². The van der Waals surface area contributed by atoms with Crippen molar-refractivity contribution in [3.8, 4) is 0 Å². The monoisotopic (exact) mass is 1690 g/mol. The highest BCUT2D eigenvalue weighted by Crippen LogP contribution is 2.42. The molecule has 0 spiro atoms. The molecular formula is C78H147N8O29P. The van der Waals surface area contributed by atoms with Crippen LogP contribution in [0.5, 0.6) is 0 Å². The van der Waals surface area contributed by atoms with Gasteiger partial charge in [0.2, 0.25) is 35.4 Å². The maximum atomic E-state index is 14.4. The van der Waals surface area contributed by atoms with Gasteiger partial charge in [-0.3, -0.25) is 57.1 Å². The number of aliphatic hydroxyl groups excluding tert-OH is 9. The van der Waals surface area contributed by atoms with Gasteiger partial charge in [-0.2, -0.15) is 0 Å². The molecule has 37 nitrogen and oxygen atoms in total. The smallest absolute Gasteiger partial charge is 0.394 e. The van der Waals surface area contributed by atoms with Gasteiger partial charge in [0.25, 0.3) is 0 Å². The number of nitrogens with one attached hydrogen (secondary N) is 6. The van der Waals surface area contributed by atoms with Gasteiger partial charge in [-0.15, -0.1) is 0 Å². The second kappa shape index (κ2) is 66.9. The molecule has 0 aromatic carbocycles. The highest BCUT2D eigenvalue weighted by atomic mass is 31.2. The van der Waals surface area contributed by atoms with Crippen molar-refractivity contribution < 1.29 is 141 Å². The van der Waals surface area contributed by atoms with Crippen molar-refractivity contribution in [2.75, 3.05) is 119 Å². The Balaban J connectivity index is 0.00000406. The first-order chi connectivity index (χ1) is 55.6. The number of phosphoric acid groups is 1. The van der Waals surface area contributed by atoms with Crippen LogP contribution in [0.1, 0.15) is 227 Å². The third kappa shape index (κ3) is 48.6. The van der Waals surface area contributed by atoms with Crippen LogP contribution in [0.2, 0.25) is 0 Å². The number of carbonyl (C=O) groups excluding carboxylic acids is 9. The first-order valence-corrected chi connectivity index (χ1v) is 43.4. The highest BCUT2D eigenvalue weighted by Gasteiger charge is 2.46. The minimum Gasteiger partial charge on any atom is -0.394 e. The Morgan fingerprint density at radius 2 is 0.819 bits per heavy atom. The molecule has 8 unspecified atom stereocenters. The number of methoxy groups -OCH3 is 1. The predicted molar refractivity (Wildman–Crippen MR) is 426 cm³/mol. The van der Waals surface area contributed by atoms with Crippen molar-refractivity contribution in [1.82, 2.24) is 36.8 Å². The van der Waals surface area contributed by atoms with Crippen molar-refractivity contribution in [2.24, 2.45) is 17.6 Å². The molecule has 0 bridgehead atoms. The minimum absolute atomic E-state index is 0.000279. The zero-order chi connectivity index (χ0) is 86.6. The molecule has 18 N–H and O–H groups in total. The van der Waals surface area contributed by atoms with Crippen molar-refractivity contribution >= 4 is 60.6 Å². The molecule has 0 saturated carbocycles. The van der Waals surface area contributed by atoms with Crippen LogP contribution in [0.4, 0.5) is 0 Å². The van der Waals surface area contributed by atoms with Crippen LogP contribution < -0.4 is 37.6 Å². The number of unbranched alkanes of at least 4 members (excludes halogenated alkanes) is 12. The van der Waals surface area contributed by atoms with E-state index in [0.717, 1.165) is 32.8 Å². The summed E-state index contributed by atoms with van der Waals surface area (Å²) in [4.78, 5) is 127. The van der Waals surface area contributed by atoms with E-state index in [4.69, 9.17) is 43.8 Å². The number of hydrogen-bond donors (Lipinski definition) is 17. The second-order valence-electron chi connectivity index (χ2n) is 29.4. The molecule has 0 aliphatic carbocycles. The van der Waals surface area contributed by atoms with E-state index in [1.165, 1.54) is 14.0 Å². The second-order valence-corrected chi connectivity index (χ2v) is 30.9. The number of amides is 6. The lowest BCUT2D eigenvalue weighted by atomic mass is 9.92. The number of aliphatic hydroxyl groups is 9. The van der Waals surface area contributed by atoms with Crippen LogP contribution in [0.15, 0.2) is 0 Å². The molecule has 0 radical (unpaired) electrons. The summed E-state index contributed by atoms with van der Waals surface area (Å²) in [5.41, 5.74) is 5.30. The van der Waals surface area contributed by atoms with Crippen LogP contribution in [0.25, 0.3) is 0 Å². The van der Waals surface area contributed by atoms with Crippen LogP contribution in [0, 0.1) is 11.8 Å². The Labute approximate surface area is 685 Å². The van der Waals surface area contributed by atoms with Crippen molar-refractivity contribution in [1.29, 1.82) is 0 Å². The standard InChI is InChI=1S/C69H123N7O25.C7H18NO4P.C2H6/c1-45-61(89)63(91)52(42-77)99-67(45)96-36-17-5-8-26-56(85)71-33-16-13-25-51(83)50(24-12-15-32-72-58(87)29-20-23-48(81)30-39-95-4)76(41-59(88)74-35-21-34-73-57(86)28-9-6-18-37-97-68-46(2)62(90)64(92)53(43-78)100-68)40-49(82)22-11-14-31-70-55(84)27-10-7-19-38-98-69-60(75-47(3)80)66(94)65(93)54(44-79)101-69;1-11-13(9,10)12-7-5-3-2-4-6-8;1-2/h45-46,50,52-54,60-69,77-79,89-94H,5-44H2,1-4H3,(H,70,84)(H,71,85)(H,72,87)(H,73,86)(H,74,88)(H,75,80);2-8H2,1H3,(H,9,10);1-2H3/t45-,46-,50?,52?,53?,54?,60-,61?,62?,63-,64-,65-,66?,67+,68+,69+;;/m0../s1. The van der Waals surface area contributed by atoms with Gasteiger partial charge < -0.3 is 122 Å². The molecule has 3 saturated heterocycles. The molecule has 0 aromatic rings. The summed E-state index contributed by atoms with van der Waals surface area (Å²) in [7, 11) is -1.10. The van der Waals surface area contributed by atoms with Gasteiger partial charge in [0, 0.05) is 137 Å². The average molecular weight is 1690 g/mol. The maximum absolute atomic E-state index is 14.4. The van der Waals surface area contributed by atoms with E-state index in [1.807, 2.05) is 13.8 Å². The van der Waals surface area contributed by atoms with Crippen LogP contribution in [-0.2, 0) is 89.9 Å². The summed E-state index contributed by atoms with van der Waals surface area (Å²) in [6.45, 7) is 9.79. The van der Waals surface area contributed by atoms with Crippen LogP contribution >= 0.6 is 7.82 Å². The lowest BCUT2D eigenvalue weighted by Crippen LogP contribution is -2.64. The van der Waals surface area contributed by atoms with Gasteiger partial charge in [-0.05, 0) is 116 Å². The third-order valence-electron chi connectivity index (χ3n) is 19.8. The molecular weight excluding hydrogens is 1540 g/mol. The van der Waals surface area contributed by atoms with Crippen molar-refractivity contribution in [2.45, 2.75) is 313 Å². The van der Waals surface area contributed by atoms with Crippen LogP contribution in [0.3, 0.4) is 0 Å². The van der Waals surface area contributed by atoms with Gasteiger partial charge in [-0.1, -0.05) is 59.8 Å². The molecule has 3 aliphatic rings. The highest BCUT2D eigenvalue weighted by molar-refractivity contribution is 7.47. The number of ketones is 3. The summed E-state index contributed by atoms with van der Waals surface area (Å²) in [6, 6.07) is -1.96. The Morgan fingerprint density at radius 1 is 0.431 bits per heavy atom. The Hall–Kier alpha value is -4.78. The summed E-state index contributed by atoms with van der Waals surface area (Å²) < 4.78 is 58.7. The number of hydrogen-bond acceptors (Lipinski definition) is 30. The number of nitrogens with zero attached hydrogens (tertiary/aromatic N) is 1. The Kier molecular flexibility index (Phi) is 63.0. The first kappa shape index (κ1) is 109. The Bertz CT molecular complexity index is 2720. The third-order valence-corrected chi connectivity index (χ3v) is 20.8. The van der Waals surface area contributed by atoms with E-state index < -0.39 is 137 Å². The summed E-state index contributed by atoms with van der Waals surface area (Å²) in [6.07, 6.45) is 0.758. The van der Waals surface area contributed by atoms with Crippen molar-refractivity contribution in [3.05, 3.63) is 0 Å². The predicted octanol–water partition coefficient (Wildman–Crippen LogP) is 1.17. The minimum atomic E-state index is -3.75. The van der Waals surface area contributed by atoms with E-state index in [9.17, 15) is 93.7 Å². The fourth-order valence-corrected chi connectivity index (χ4v) is 13.3. The number of carbonyl (C=O) groups is 9.